The van der Waals surface area contributed by atoms with Gasteiger partial charge in [-0.3, -0.25) is 0 Å². The van der Waals surface area contributed by atoms with E-state index in [4.69, 9.17) is 10.2 Å². The Labute approximate surface area is 69.5 Å². The molecule has 2 N–H and O–H groups in total. The Morgan fingerprint density at radius 2 is 1.58 bits per heavy atom. The van der Waals surface area contributed by atoms with Crippen LogP contribution in [0.2, 0.25) is 0 Å². The van der Waals surface area contributed by atoms with Gasteiger partial charge >= 0.3 is 0 Å². The summed E-state index contributed by atoms with van der Waals surface area (Å²) in [5, 5.41) is 22.6. The number of aliphatic hydroxyl groups excluding tert-OH is 2. The summed E-state index contributed by atoms with van der Waals surface area (Å²) in [7, 11) is 0. The highest BCUT2D eigenvalue weighted by Crippen LogP contribution is 2.22. The van der Waals surface area contributed by atoms with E-state index in [0.29, 0.717) is 0 Å². The third-order valence-electron chi connectivity index (χ3n) is 1.78. The van der Waals surface area contributed by atoms with Crippen LogP contribution >= 0.6 is 0 Å². The second kappa shape index (κ2) is 5.73. The Kier molecular flexibility index (Phi) is 5.31. The summed E-state index contributed by atoms with van der Waals surface area (Å²) < 4.78 is 0. The molecule has 12 heavy (non-hydrogen) atoms. The van der Waals surface area contributed by atoms with Crippen LogP contribution < -0.4 is 0 Å². The van der Waals surface area contributed by atoms with Crippen LogP contribution in [0.25, 0.3) is 0 Å². The molecule has 0 aliphatic rings. The number of rotatable bonds is 7. The first-order valence-electron chi connectivity index (χ1n) is 3.54. The smallest absolute Gasteiger partial charge is 0.0909 e. The fourth-order valence-electron chi connectivity index (χ4n) is 0.898. The van der Waals surface area contributed by atoms with Crippen molar-refractivity contribution in [2.24, 2.45) is 15.8 Å². The fraction of sp³-hybridized carbons (Fsp3) is 1.00. The van der Waals surface area contributed by atoms with Crippen molar-refractivity contribution in [3.05, 3.63) is 9.81 Å². The molecule has 0 unspecified atom stereocenters. The van der Waals surface area contributed by atoms with Crippen LogP contribution in [-0.2, 0) is 0 Å². The second-order valence-electron chi connectivity index (χ2n) is 2.71. The molecule has 0 aliphatic heterocycles. The molecule has 0 aliphatic carbocycles. The molecule has 0 fully saturated rings. The highest BCUT2D eigenvalue weighted by Gasteiger charge is 2.30. The van der Waals surface area contributed by atoms with E-state index in [9.17, 15) is 9.81 Å². The number of hydrogen-bond acceptors (Lipinski definition) is 6. The minimum atomic E-state index is -0.960. The maximum atomic E-state index is 9.94. The zero-order valence-corrected chi connectivity index (χ0v) is 6.64. The molecule has 6 heteroatoms. The molecule has 0 aromatic carbocycles. The lowest BCUT2D eigenvalue weighted by Gasteiger charge is -2.24. The zero-order chi connectivity index (χ0) is 9.45. The summed E-state index contributed by atoms with van der Waals surface area (Å²) in [5.74, 6) is 0. The average molecular weight is 176 g/mol. The van der Waals surface area contributed by atoms with Gasteiger partial charge in [-0.05, 0) is 6.42 Å². The minimum absolute atomic E-state index is 0.154. The maximum absolute atomic E-state index is 9.94. The Bertz CT molecular complexity index is 140. The highest BCUT2D eigenvalue weighted by molar-refractivity contribution is 4.82. The molecule has 0 saturated heterocycles. The molecule has 6 nitrogen and oxygen atoms in total. The van der Waals surface area contributed by atoms with Crippen LogP contribution in [0.15, 0.2) is 10.4 Å². The number of nitrogens with zero attached hydrogens (tertiary/aromatic N) is 2. The molecular formula is C6H12N2O4. The van der Waals surface area contributed by atoms with Crippen molar-refractivity contribution in [2.45, 2.75) is 6.42 Å². The molecule has 0 amide bonds. The lowest BCUT2D eigenvalue weighted by molar-refractivity contribution is 0.104. The third-order valence-corrected chi connectivity index (χ3v) is 1.78. The number of hydrogen-bond donors (Lipinski definition) is 2. The van der Waals surface area contributed by atoms with Crippen molar-refractivity contribution in [3.63, 3.8) is 0 Å². The van der Waals surface area contributed by atoms with Crippen LogP contribution in [0.4, 0.5) is 0 Å². The molecule has 0 aromatic rings. The van der Waals surface area contributed by atoms with Crippen molar-refractivity contribution in [3.8, 4) is 0 Å². The van der Waals surface area contributed by atoms with E-state index >= 15 is 0 Å². The maximum Gasteiger partial charge on any atom is 0.0909 e. The molecule has 0 bridgehead atoms. The van der Waals surface area contributed by atoms with Gasteiger partial charge in [0.15, 0.2) is 0 Å². The average Bonchev–Trinajstić information content (AvgIpc) is 2.06. The van der Waals surface area contributed by atoms with Crippen LogP contribution in [-0.4, -0.2) is 36.5 Å². The molecule has 70 valence electrons. The molecule has 0 atom stereocenters. The van der Waals surface area contributed by atoms with Gasteiger partial charge in [0, 0.05) is 12.0 Å². The van der Waals surface area contributed by atoms with E-state index in [-0.39, 0.29) is 32.7 Å². The molecular weight excluding hydrogens is 164 g/mol. The van der Waals surface area contributed by atoms with Crippen molar-refractivity contribution in [1.82, 2.24) is 0 Å². The monoisotopic (exact) mass is 176 g/mol. The van der Waals surface area contributed by atoms with E-state index in [0.717, 1.165) is 0 Å². The van der Waals surface area contributed by atoms with Crippen LogP contribution in [0.3, 0.4) is 0 Å². The van der Waals surface area contributed by atoms with Crippen molar-refractivity contribution in [1.29, 1.82) is 0 Å². The lowest BCUT2D eigenvalue weighted by Crippen LogP contribution is -2.33. The molecule has 0 aromatic heterocycles. The predicted molar refractivity (Wildman–Crippen MR) is 42.5 cm³/mol. The Morgan fingerprint density at radius 1 is 1.08 bits per heavy atom. The topological polar surface area (TPSA) is 99.3 Å². The lowest BCUT2D eigenvalue weighted by atomic mass is 9.86. The Balaban J connectivity index is 4.25. The third kappa shape index (κ3) is 3.02. The van der Waals surface area contributed by atoms with Crippen LogP contribution in [0, 0.1) is 15.2 Å². The van der Waals surface area contributed by atoms with E-state index < -0.39 is 5.41 Å². The summed E-state index contributed by atoms with van der Waals surface area (Å²) in [4.78, 5) is 19.9. The number of aliphatic hydroxyl groups is 2. The fourth-order valence-corrected chi connectivity index (χ4v) is 0.898. The van der Waals surface area contributed by atoms with E-state index in [1.54, 1.807) is 0 Å². The van der Waals surface area contributed by atoms with Crippen molar-refractivity contribution < 1.29 is 10.2 Å². The first-order valence-corrected chi connectivity index (χ1v) is 3.54. The molecule has 0 rings (SSSR count). The number of nitroso groups, excluding NO2 is 2. The largest absolute Gasteiger partial charge is 0.396 e. The van der Waals surface area contributed by atoms with Gasteiger partial charge in [0.05, 0.1) is 19.7 Å². The van der Waals surface area contributed by atoms with Gasteiger partial charge in [0.1, 0.15) is 0 Å². The summed E-state index contributed by atoms with van der Waals surface area (Å²) in [6.07, 6.45) is 0.154. The van der Waals surface area contributed by atoms with Crippen molar-refractivity contribution >= 4 is 0 Å². The minimum Gasteiger partial charge on any atom is -0.396 e. The summed E-state index contributed by atoms with van der Waals surface area (Å²) >= 11 is 0. The van der Waals surface area contributed by atoms with Gasteiger partial charge in [-0.1, -0.05) is 10.4 Å². The highest BCUT2D eigenvalue weighted by atomic mass is 16.3. The summed E-state index contributed by atoms with van der Waals surface area (Å²) in [6, 6.07) is 0. The Morgan fingerprint density at radius 3 is 1.83 bits per heavy atom. The van der Waals surface area contributed by atoms with Crippen molar-refractivity contribution in [2.75, 3.05) is 26.3 Å². The second-order valence-corrected chi connectivity index (χ2v) is 2.71. The normalized spacial score (nSPS) is 11.2. The quantitative estimate of drug-likeness (QED) is 0.528. The van der Waals surface area contributed by atoms with E-state index in [1.165, 1.54) is 0 Å². The molecule has 0 saturated carbocycles. The van der Waals surface area contributed by atoms with Crippen LogP contribution in [0.1, 0.15) is 6.42 Å². The first kappa shape index (κ1) is 11.1. The molecule has 0 spiro atoms. The molecule has 0 radical (unpaired) electrons. The summed E-state index contributed by atoms with van der Waals surface area (Å²) in [6.45, 7) is -0.970. The van der Waals surface area contributed by atoms with E-state index in [1.807, 2.05) is 0 Å². The Hall–Kier alpha value is -0.880. The van der Waals surface area contributed by atoms with Gasteiger partial charge in [-0.2, -0.15) is 9.81 Å². The van der Waals surface area contributed by atoms with Gasteiger partial charge in [0.25, 0.3) is 0 Å². The summed E-state index contributed by atoms with van der Waals surface area (Å²) in [5.41, 5.74) is -0.960. The standard InChI is InChI=1S/C6H12N2O4/c9-2-1-6(5-10,3-7-11)4-8-12/h9-10H,1-5H2. The van der Waals surface area contributed by atoms with E-state index in [2.05, 4.69) is 10.4 Å². The van der Waals surface area contributed by atoms with Gasteiger partial charge in [0.2, 0.25) is 0 Å². The van der Waals surface area contributed by atoms with Gasteiger partial charge in [-0.15, -0.1) is 0 Å². The predicted octanol–water partition coefficient (Wildman–Crippen LogP) is -0.120. The first-order chi connectivity index (χ1) is 5.74. The SMILES string of the molecule is O=NCC(CO)(CCO)CN=O. The van der Waals surface area contributed by atoms with Gasteiger partial charge in [-0.25, -0.2) is 0 Å². The zero-order valence-electron chi connectivity index (χ0n) is 6.64. The van der Waals surface area contributed by atoms with Gasteiger partial charge < -0.3 is 10.2 Å². The van der Waals surface area contributed by atoms with Crippen LogP contribution in [0.5, 0.6) is 0 Å². The molecule has 0 heterocycles.